The third kappa shape index (κ3) is 36.2. The van der Waals surface area contributed by atoms with Crippen molar-refractivity contribution in [1.29, 1.82) is 0 Å². The predicted octanol–water partition coefficient (Wildman–Crippen LogP) is -3.13. The Morgan fingerprint density at radius 1 is 0.384 bits per heavy atom. The van der Waals surface area contributed by atoms with Gasteiger partial charge in [0, 0.05) is 33.6 Å². The first-order chi connectivity index (χ1) is 66.1. The van der Waals surface area contributed by atoms with Crippen LogP contribution in [0.25, 0.3) is 0 Å². The Bertz CT molecular complexity index is 3470. The first-order valence-electron chi connectivity index (χ1n) is 49.7. The fraction of sp³-hybridized carbons (Fsp3) is 0.903. The molecule has 7 aliphatic rings. The summed E-state index contributed by atoms with van der Waals surface area (Å²) in [6.07, 6.45) is -27.6. The van der Waals surface area contributed by atoms with Gasteiger partial charge in [0.05, 0.1) is 77.1 Å². The van der Waals surface area contributed by atoms with Crippen LogP contribution in [-0.4, -0.2) is 427 Å². The van der Waals surface area contributed by atoms with E-state index >= 15 is 0 Å². The lowest BCUT2D eigenvalue weighted by molar-refractivity contribution is -0.392. The molecule has 7 saturated heterocycles. The molecular weight excluding hydrogens is 1830 g/mol. The van der Waals surface area contributed by atoms with E-state index in [2.05, 4.69) is 47.3 Å². The number of nitrogens with one attached hydrogen (secondary N) is 4. The highest BCUT2D eigenvalue weighted by Crippen LogP contribution is 2.41. The van der Waals surface area contributed by atoms with Crippen LogP contribution in [-0.2, 0) is 90.3 Å². The molecule has 7 heterocycles. The van der Waals surface area contributed by atoms with Crippen molar-refractivity contribution in [3.63, 3.8) is 0 Å². The van der Waals surface area contributed by atoms with Gasteiger partial charge in [0.1, 0.15) is 165 Å². The Morgan fingerprint density at radius 2 is 0.761 bits per heavy atom. The molecule has 802 valence electrons. The molecule has 26 N–H and O–H groups in total. The van der Waals surface area contributed by atoms with Gasteiger partial charge in [0.25, 0.3) is 5.79 Å². The van der Waals surface area contributed by atoms with Gasteiger partial charge in [0.2, 0.25) is 23.6 Å². The van der Waals surface area contributed by atoms with Crippen LogP contribution in [0.3, 0.4) is 0 Å². The molecule has 38 atom stereocenters. The Morgan fingerprint density at radius 3 is 1.22 bits per heavy atom. The van der Waals surface area contributed by atoms with Gasteiger partial charge >= 0.3 is 5.97 Å². The lowest BCUT2D eigenvalue weighted by Gasteiger charge is -2.51. The first kappa shape index (κ1) is 120. The molecule has 4 amide bonds. The number of hydrogen-bond acceptors (Lipinski definition) is 40. The number of carboxylic acids is 1. The summed E-state index contributed by atoms with van der Waals surface area (Å²) < 4.78 is 83.7. The molecule has 0 aromatic rings. The number of unbranched alkanes of at least 4 members (excludes halogenated alkanes) is 28. The second-order valence-electron chi connectivity index (χ2n) is 37.4. The Hall–Kier alpha value is -4.57. The van der Waals surface area contributed by atoms with Crippen molar-refractivity contribution >= 4 is 29.6 Å². The second kappa shape index (κ2) is 63.1. The van der Waals surface area contributed by atoms with Gasteiger partial charge in [-0.15, -0.1) is 0 Å². The molecule has 7 aliphatic heterocycles. The largest absolute Gasteiger partial charge is 0.477 e. The highest BCUT2D eigenvalue weighted by atomic mass is 16.8. The van der Waals surface area contributed by atoms with Crippen molar-refractivity contribution < 1.29 is 203 Å². The summed E-state index contributed by atoms with van der Waals surface area (Å²) in [5.41, 5.74) is 0. The molecule has 0 spiro atoms. The Labute approximate surface area is 806 Å². The summed E-state index contributed by atoms with van der Waals surface area (Å²) in [7, 11) is 0. The molecule has 138 heavy (non-hydrogen) atoms. The maximum Gasteiger partial charge on any atom is 0.364 e. The average Bonchev–Trinajstić information content (AvgIpc) is 0.745. The van der Waals surface area contributed by atoms with Crippen molar-refractivity contribution in [2.45, 2.75) is 479 Å². The number of hydrogen-bond donors (Lipinski definition) is 26. The van der Waals surface area contributed by atoms with E-state index in [1.807, 2.05) is 0 Å². The molecule has 0 aliphatic carbocycles. The van der Waals surface area contributed by atoms with E-state index in [0.717, 1.165) is 97.8 Å². The topological polar surface area (TPSA) is 708 Å². The molecule has 45 nitrogen and oxygen atoms in total. The number of carboxylic acid groups (broad SMARTS) is 1. The Balaban J connectivity index is 1.09. The number of aliphatic hydroxyl groups excluding tert-OH is 21. The molecule has 0 radical (unpaired) electrons. The minimum Gasteiger partial charge on any atom is -0.477 e. The zero-order valence-corrected chi connectivity index (χ0v) is 80.3. The van der Waals surface area contributed by atoms with E-state index in [-0.39, 0.29) is 6.42 Å². The van der Waals surface area contributed by atoms with Gasteiger partial charge in [0.15, 0.2) is 37.7 Å². The number of allylic oxidation sites excluding steroid dienone is 3. The van der Waals surface area contributed by atoms with Crippen molar-refractivity contribution in [2.75, 3.05) is 52.9 Å². The number of carbonyl (C=O) groups excluding carboxylic acids is 4. The molecular formula is C93H164N4O41. The maximum absolute atomic E-state index is 13.8. The summed E-state index contributed by atoms with van der Waals surface area (Å²) in [4.78, 5) is 65.0. The minimum atomic E-state index is -3.26. The fourth-order valence-electron chi connectivity index (χ4n) is 18.3. The van der Waals surface area contributed by atoms with E-state index in [4.69, 9.17) is 66.3 Å². The van der Waals surface area contributed by atoms with Gasteiger partial charge in [-0.3, -0.25) is 19.2 Å². The third-order valence-electron chi connectivity index (χ3n) is 26.4. The zero-order chi connectivity index (χ0) is 101. The number of carbonyl (C=O) groups is 5. The third-order valence-corrected chi connectivity index (χ3v) is 26.4. The van der Waals surface area contributed by atoms with Crippen LogP contribution in [0.2, 0.25) is 0 Å². The van der Waals surface area contributed by atoms with Gasteiger partial charge in [-0.1, -0.05) is 192 Å². The van der Waals surface area contributed by atoms with Gasteiger partial charge in [-0.25, -0.2) is 4.79 Å². The lowest BCUT2D eigenvalue weighted by Crippen LogP contribution is -2.71. The summed E-state index contributed by atoms with van der Waals surface area (Å²) in [5, 5.41) is 259. The number of ether oxygens (including phenoxy) is 14. The second-order valence-corrected chi connectivity index (χ2v) is 37.4. The van der Waals surface area contributed by atoms with Crippen molar-refractivity contribution in [1.82, 2.24) is 21.3 Å². The lowest BCUT2D eigenvalue weighted by atomic mass is 9.88. The van der Waals surface area contributed by atoms with Crippen molar-refractivity contribution in [3.05, 3.63) is 24.3 Å². The van der Waals surface area contributed by atoms with Crippen LogP contribution in [0.1, 0.15) is 247 Å². The summed E-state index contributed by atoms with van der Waals surface area (Å²) in [6, 6.07) is -6.51. The average molecular weight is 1990 g/mol. The smallest absolute Gasteiger partial charge is 0.364 e. The predicted molar refractivity (Wildman–Crippen MR) is 483 cm³/mol. The highest BCUT2D eigenvalue weighted by molar-refractivity contribution is 5.77. The van der Waals surface area contributed by atoms with Gasteiger partial charge in [-0.05, 0) is 44.9 Å². The van der Waals surface area contributed by atoms with E-state index in [1.54, 1.807) is 6.08 Å². The quantitative estimate of drug-likeness (QED) is 0.0211. The number of amides is 4. The monoisotopic (exact) mass is 1990 g/mol. The van der Waals surface area contributed by atoms with Crippen LogP contribution in [0, 0.1) is 0 Å². The number of aliphatic hydroxyl groups is 21. The molecule has 7 rings (SSSR count). The van der Waals surface area contributed by atoms with Crippen LogP contribution >= 0.6 is 0 Å². The molecule has 0 bridgehead atoms. The fourth-order valence-corrected chi connectivity index (χ4v) is 18.3. The SMILES string of the molecule is CCCCCCCC/C=C\CCCCCCCCCCCCCC(=O)N[C@@H](CO[C@@H]1OC(CO)[C@@H](O[C@@H]2OC(CO[C@@H]3OC(CO)[C@@H](O[C@@H]4OC(CO)[C@H](O)[C@H](O[C@]5(C(=O)O)CC(O)[C@@H](NC(C)=O)C([C@H](O)[C@H](O)CO)O5)C4O)[C@H](O)C3NC(C)=O)[C@H](O)[C@H](O[C@H]3OC(CO)[C@H](O)[C@H](O[C@@H]4OC(CO)[C@H](O)[C@H](O)C4NC(C)=O)C3O)C2O)[C@H](O)C1O)[C@H](O)/C=C/CCCCCCCCCCCCC. The molecule has 0 aromatic carbocycles. The van der Waals surface area contributed by atoms with Crippen LogP contribution in [0.5, 0.6) is 0 Å². The maximum atomic E-state index is 13.8. The Kier molecular flexibility index (Phi) is 55.0. The molecule has 45 heteroatoms. The molecule has 7 fully saturated rings. The standard InChI is InChI=1S/C93H164N4O41/c1-6-8-10-12-14-16-18-20-21-22-23-24-25-26-27-29-31-33-35-37-39-41-64(110)97-54(55(107)40-38-36-34-32-30-28-19-17-15-13-11-9-7-2)49-125-88-76(119)75(118)81(62(48-103)131-88)134-90-78(121)84(136-89-77(120)83(70(113)59(45-100)128-89)135-87-66(95-52(4)105)73(116)69(112)58(44-99)127-87)72(115)63(132-90)50-126-86-67(96-53(5)106)74(117)80(61(47-102)130-86)133-91-79(122)85(71(114)60(46-101)129-91)138-93(92(123)124)42-56(108)65(94-51(3)104)82(137-93)68(111)57(109)43-98/h20-21,38,40,54-63,65-91,98-103,107-109,111-122H,6-19,22-37,39,41-50H2,1-5H3,(H,94,104)(H,95,105)(H,96,106)(H,97,110)(H,123,124)/b21-20-,40-38+/t54-,55+,56?,57+,58?,59?,60?,61?,62?,63?,65+,66?,67?,68+,69-,70-,71-,72-,73+,74+,75+,76?,77?,78?,79?,80+,81+,82?,83-,84-,85-,86+,87-,88+,89+,90-,91-,93-/m0/s1. The summed E-state index contributed by atoms with van der Waals surface area (Å²) in [6.45, 7) is -0.945. The minimum absolute atomic E-state index is 0.104. The van der Waals surface area contributed by atoms with E-state index in [9.17, 15) is 136 Å². The van der Waals surface area contributed by atoms with Gasteiger partial charge < -0.3 is 200 Å². The van der Waals surface area contributed by atoms with Gasteiger partial charge in [-0.2, -0.15) is 0 Å². The van der Waals surface area contributed by atoms with E-state index < -0.39 is 321 Å². The summed E-state index contributed by atoms with van der Waals surface area (Å²) >= 11 is 0. The molecule has 0 aromatic heterocycles. The van der Waals surface area contributed by atoms with Crippen LogP contribution < -0.4 is 21.3 Å². The summed E-state index contributed by atoms with van der Waals surface area (Å²) in [5.74, 6) is -8.39. The highest BCUT2D eigenvalue weighted by Gasteiger charge is 2.62. The first-order valence-corrected chi connectivity index (χ1v) is 49.7. The zero-order valence-electron chi connectivity index (χ0n) is 80.3. The number of aliphatic carboxylic acids is 1. The van der Waals surface area contributed by atoms with Crippen LogP contribution in [0.15, 0.2) is 24.3 Å². The van der Waals surface area contributed by atoms with E-state index in [1.165, 1.54) is 115 Å². The molecule has 0 saturated carbocycles. The number of rotatable bonds is 64. The molecule has 14 unspecified atom stereocenters. The van der Waals surface area contributed by atoms with Crippen molar-refractivity contribution in [2.24, 2.45) is 0 Å². The normalized spacial score (nSPS) is 36.3. The van der Waals surface area contributed by atoms with E-state index in [0.29, 0.717) is 12.8 Å². The van der Waals surface area contributed by atoms with Crippen molar-refractivity contribution in [3.8, 4) is 0 Å². The van der Waals surface area contributed by atoms with Crippen LogP contribution in [0.4, 0.5) is 0 Å².